The molecule has 0 saturated carbocycles. The predicted octanol–water partition coefficient (Wildman–Crippen LogP) is 1.24. The molecule has 0 spiro atoms. The van der Waals surface area contributed by atoms with E-state index in [1.165, 1.54) is 6.07 Å². The van der Waals surface area contributed by atoms with Crippen LogP contribution >= 0.6 is 12.6 Å². The van der Waals surface area contributed by atoms with Crippen molar-refractivity contribution >= 4 is 23.5 Å². The average molecular weight is 265 g/mol. The highest BCUT2D eigenvalue weighted by molar-refractivity contribution is 7.80. The van der Waals surface area contributed by atoms with Crippen molar-refractivity contribution in [3.63, 3.8) is 0 Å². The summed E-state index contributed by atoms with van der Waals surface area (Å²) < 4.78 is 0. The first-order valence-electron chi connectivity index (χ1n) is 5.72. The van der Waals surface area contributed by atoms with Crippen molar-refractivity contribution in [3.8, 4) is 0 Å². The first-order chi connectivity index (χ1) is 8.63. The van der Waals surface area contributed by atoms with Crippen LogP contribution in [-0.4, -0.2) is 27.1 Å². The summed E-state index contributed by atoms with van der Waals surface area (Å²) in [6.45, 7) is 0. The van der Waals surface area contributed by atoms with Crippen molar-refractivity contribution in [1.82, 2.24) is 4.98 Å². The highest BCUT2D eigenvalue weighted by Crippen LogP contribution is 2.21. The molecule has 0 amide bonds. The number of hydrogen-bond donors (Lipinski definition) is 4. The van der Waals surface area contributed by atoms with E-state index in [1.54, 1.807) is 24.4 Å². The lowest BCUT2D eigenvalue weighted by atomic mass is 10.0. The number of thiol groups is 1. The zero-order chi connectivity index (χ0) is 13.1. The molecule has 0 fully saturated rings. The van der Waals surface area contributed by atoms with Crippen LogP contribution in [0, 0.1) is 0 Å². The molecule has 96 valence electrons. The molecule has 1 aromatic heterocycles. The highest BCUT2D eigenvalue weighted by atomic mass is 32.1. The van der Waals surface area contributed by atoms with Crippen LogP contribution < -0.4 is 5.43 Å². The average Bonchev–Trinajstić information content (AvgIpc) is 2.38. The Morgan fingerprint density at radius 3 is 2.78 bits per heavy atom. The molecule has 0 aliphatic carbocycles. The van der Waals surface area contributed by atoms with Gasteiger partial charge in [0.25, 0.3) is 0 Å². The maximum Gasteiger partial charge on any atom is 0.189 e. The quantitative estimate of drug-likeness (QED) is 0.629. The minimum absolute atomic E-state index is 0.110. The SMILES string of the molecule is O=c1cc[nH]c2ccc(C(O)C(O)CCS)cc12. The van der Waals surface area contributed by atoms with Crippen LogP contribution in [0.1, 0.15) is 18.1 Å². The third kappa shape index (κ3) is 2.58. The van der Waals surface area contributed by atoms with Crippen LogP contribution in [0.5, 0.6) is 0 Å². The van der Waals surface area contributed by atoms with Gasteiger partial charge in [-0.1, -0.05) is 6.07 Å². The Hall–Kier alpha value is -1.30. The highest BCUT2D eigenvalue weighted by Gasteiger charge is 2.18. The van der Waals surface area contributed by atoms with Crippen LogP contribution in [0.4, 0.5) is 0 Å². The Kier molecular flexibility index (Phi) is 4.06. The van der Waals surface area contributed by atoms with E-state index >= 15 is 0 Å². The summed E-state index contributed by atoms with van der Waals surface area (Å²) in [6, 6.07) is 6.47. The van der Waals surface area contributed by atoms with Crippen molar-refractivity contribution in [2.24, 2.45) is 0 Å². The molecule has 2 aromatic rings. The van der Waals surface area contributed by atoms with Gasteiger partial charge < -0.3 is 15.2 Å². The summed E-state index contributed by atoms with van der Waals surface area (Å²) in [4.78, 5) is 14.6. The number of aliphatic hydroxyl groups is 2. The molecule has 0 radical (unpaired) electrons. The van der Waals surface area contributed by atoms with Crippen LogP contribution in [0.2, 0.25) is 0 Å². The second-order valence-electron chi connectivity index (χ2n) is 4.17. The molecule has 0 aliphatic heterocycles. The Bertz CT molecular complexity index is 596. The molecule has 1 heterocycles. The van der Waals surface area contributed by atoms with Crippen LogP contribution in [0.15, 0.2) is 35.3 Å². The van der Waals surface area contributed by atoms with Crippen molar-refractivity contribution in [2.45, 2.75) is 18.6 Å². The lowest BCUT2D eigenvalue weighted by molar-refractivity contribution is 0.0173. The summed E-state index contributed by atoms with van der Waals surface area (Å²) in [5.41, 5.74) is 1.14. The van der Waals surface area contributed by atoms with Gasteiger partial charge in [-0.3, -0.25) is 4.79 Å². The molecule has 3 N–H and O–H groups in total. The number of aromatic nitrogens is 1. The maximum atomic E-state index is 11.7. The third-order valence-corrected chi connectivity index (χ3v) is 3.17. The zero-order valence-corrected chi connectivity index (χ0v) is 10.6. The second kappa shape index (κ2) is 5.56. The van der Waals surface area contributed by atoms with E-state index in [4.69, 9.17) is 0 Å². The normalized spacial score (nSPS) is 14.6. The summed E-state index contributed by atoms with van der Waals surface area (Å²) in [5, 5.41) is 20.2. The number of rotatable bonds is 4. The Balaban J connectivity index is 2.40. The third-order valence-electron chi connectivity index (χ3n) is 2.91. The van der Waals surface area contributed by atoms with Gasteiger partial charge in [0.15, 0.2) is 5.43 Å². The Morgan fingerprint density at radius 1 is 1.28 bits per heavy atom. The number of benzene rings is 1. The smallest absolute Gasteiger partial charge is 0.189 e. The number of fused-ring (bicyclic) bond motifs is 1. The fourth-order valence-electron chi connectivity index (χ4n) is 1.88. The standard InChI is InChI=1S/C13H15NO3S/c15-11-3-5-14-10-2-1-8(7-9(10)11)13(17)12(16)4-6-18/h1-3,5,7,12-13,16-18H,4,6H2,(H,14,15). The Morgan fingerprint density at radius 2 is 2.06 bits per heavy atom. The van der Waals surface area contributed by atoms with Crippen molar-refractivity contribution in [1.29, 1.82) is 0 Å². The van der Waals surface area contributed by atoms with E-state index in [0.717, 1.165) is 0 Å². The lowest BCUT2D eigenvalue weighted by Gasteiger charge is -2.17. The lowest BCUT2D eigenvalue weighted by Crippen LogP contribution is -2.19. The number of nitrogens with one attached hydrogen (secondary N) is 1. The van der Waals surface area contributed by atoms with E-state index in [2.05, 4.69) is 17.6 Å². The van der Waals surface area contributed by atoms with E-state index < -0.39 is 12.2 Å². The molecular weight excluding hydrogens is 250 g/mol. The largest absolute Gasteiger partial charge is 0.390 e. The van der Waals surface area contributed by atoms with Gasteiger partial charge in [-0.25, -0.2) is 0 Å². The van der Waals surface area contributed by atoms with Gasteiger partial charge in [-0.05, 0) is 29.9 Å². The first-order valence-corrected chi connectivity index (χ1v) is 6.35. The van der Waals surface area contributed by atoms with Crippen molar-refractivity contribution < 1.29 is 10.2 Å². The number of pyridine rings is 1. The van der Waals surface area contributed by atoms with E-state index in [1.807, 2.05) is 0 Å². The minimum atomic E-state index is -0.999. The summed E-state index contributed by atoms with van der Waals surface area (Å²) in [6.07, 6.45) is 0.105. The van der Waals surface area contributed by atoms with Crippen molar-refractivity contribution in [2.75, 3.05) is 5.75 Å². The number of aliphatic hydroxyl groups excluding tert-OH is 2. The molecule has 2 atom stereocenters. The Labute approximate surface area is 110 Å². The van der Waals surface area contributed by atoms with Crippen LogP contribution in [0.3, 0.4) is 0 Å². The number of hydrogen-bond acceptors (Lipinski definition) is 4. The second-order valence-corrected chi connectivity index (χ2v) is 4.62. The van der Waals surface area contributed by atoms with Gasteiger partial charge in [0, 0.05) is 23.2 Å². The summed E-state index contributed by atoms with van der Waals surface area (Å²) in [7, 11) is 0. The molecular formula is C13H15NO3S. The molecule has 0 bridgehead atoms. The molecule has 2 rings (SSSR count). The molecule has 4 nitrogen and oxygen atoms in total. The maximum absolute atomic E-state index is 11.7. The predicted molar refractivity (Wildman–Crippen MR) is 74.0 cm³/mol. The molecule has 0 aliphatic rings. The zero-order valence-electron chi connectivity index (χ0n) is 9.71. The molecule has 0 saturated heterocycles. The number of H-pyrrole nitrogens is 1. The molecule has 1 aromatic carbocycles. The van der Waals surface area contributed by atoms with Gasteiger partial charge in [-0.15, -0.1) is 0 Å². The monoisotopic (exact) mass is 265 g/mol. The summed E-state index contributed by atoms with van der Waals surface area (Å²) >= 11 is 4.02. The van der Waals surface area contributed by atoms with Gasteiger partial charge in [0.1, 0.15) is 6.10 Å². The topological polar surface area (TPSA) is 73.3 Å². The van der Waals surface area contributed by atoms with Crippen molar-refractivity contribution in [3.05, 3.63) is 46.2 Å². The minimum Gasteiger partial charge on any atom is -0.390 e. The molecule has 2 unspecified atom stereocenters. The molecule has 18 heavy (non-hydrogen) atoms. The van der Waals surface area contributed by atoms with Gasteiger partial charge in [0.2, 0.25) is 0 Å². The fraction of sp³-hybridized carbons (Fsp3) is 0.308. The number of aromatic amines is 1. The van der Waals surface area contributed by atoms with Gasteiger partial charge in [-0.2, -0.15) is 12.6 Å². The van der Waals surface area contributed by atoms with Gasteiger partial charge >= 0.3 is 0 Å². The van der Waals surface area contributed by atoms with Crippen LogP contribution in [-0.2, 0) is 0 Å². The molecule has 5 heteroatoms. The van der Waals surface area contributed by atoms with E-state index in [0.29, 0.717) is 28.6 Å². The summed E-state index contributed by atoms with van der Waals surface area (Å²) in [5.74, 6) is 0.492. The van der Waals surface area contributed by atoms with E-state index in [-0.39, 0.29) is 5.43 Å². The fourth-order valence-corrected chi connectivity index (χ4v) is 2.15. The van der Waals surface area contributed by atoms with E-state index in [9.17, 15) is 15.0 Å². The van der Waals surface area contributed by atoms with Gasteiger partial charge in [0.05, 0.1) is 6.10 Å². The van der Waals surface area contributed by atoms with Crippen LogP contribution in [0.25, 0.3) is 10.9 Å². The first kappa shape index (κ1) is 13.1.